The maximum absolute atomic E-state index is 12.3. The van der Waals surface area contributed by atoms with E-state index in [2.05, 4.69) is 9.97 Å². The first-order valence-corrected chi connectivity index (χ1v) is 8.09. The van der Waals surface area contributed by atoms with E-state index in [-0.39, 0.29) is 29.7 Å². The third kappa shape index (κ3) is 3.45. The van der Waals surface area contributed by atoms with E-state index < -0.39 is 0 Å². The summed E-state index contributed by atoms with van der Waals surface area (Å²) in [6.07, 6.45) is 1.75. The first kappa shape index (κ1) is 16.2. The van der Waals surface area contributed by atoms with Crippen LogP contribution in [0.2, 0.25) is 0 Å². The van der Waals surface area contributed by atoms with Crippen LogP contribution in [0.5, 0.6) is 0 Å². The van der Waals surface area contributed by atoms with E-state index in [1.807, 2.05) is 18.2 Å². The number of aryl methyl sites for hydroxylation is 1. The molecule has 1 saturated heterocycles. The van der Waals surface area contributed by atoms with E-state index >= 15 is 0 Å². The first-order valence-electron chi connectivity index (χ1n) is 8.09. The van der Waals surface area contributed by atoms with Crippen LogP contribution in [-0.2, 0) is 16.0 Å². The summed E-state index contributed by atoms with van der Waals surface area (Å²) >= 11 is 0. The normalized spacial score (nSPS) is 15.6. The van der Waals surface area contributed by atoms with Crippen molar-refractivity contribution >= 4 is 22.8 Å². The standard InChI is InChI=1S/C17H20N4O3/c18-16(23)11-7-9-21(10-8-11)15(22)6-5-14-17(24)20-13-4-2-1-3-12(13)19-14/h1-4,11H,5-10H2,(H2,18,23)(H,20,24). The Labute approximate surface area is 138 Å². The smallest absolute Gasteiger partial charge is 0.270 e. The number of fused-ring (bicyclic) bond motifs is 1. The Morgan fingerprint density at radius 1 is 1.25 bits per heavy atom. The summed E-state index contributed by atoms with van der Waals surface area (Å²) in [5, 5.41) is 0. The molecule has 3 rings (SSSR count). The molecule has 2 heterocycles. The zero-order chi connectivity index (χ0) is 17.1. The van der Waals surface area contributed by atoms with Gasteiger partial charge in [0, 0.05) is 31.8 Å². The number of benzene rings is 1. The van der Waals surface area contributed by atoms with Gasteiger partial charge in [-0.1, -0.05) is 12.1 Å². The van der Waals surface area contributed by atoms with Crippen molar-refractivity contribution in [2.45, 2.75) is 25.7 Å². The Morgan fingerprint density at radius 3 is 2.67 bits per heavy atom. The Balaban J connectivity index is 1.62. The quantitative estimate of drug-likeness (QED) is 0.855. The summed E-state index contributed by atoms with van der Waals surface area (Å²) in [6.45, 7) is 1.07. The number of amides is 2. The minimum absolute atomic E-state index is 0.0210. The van der Waals surface area contributed by atoms with Crippen LogP contribution in [0.3, 0.4) is 0 Å². The minimum Gasteiger partial charge on any atom is -0.369 e. The molecule has 0 saturated carbocycles. The average molecular weight is 328 g/mol. The maximum atomic E-state index is 12.3. The second-order valence-electron chi connectivity index (χ2n) is 6.09. The van der Waals surface area contributed by atoms with Crippen molar-refractivity contribution < 1.29 is 9.59 Å². The summed E-state index contributed by atoms with van der Waals surface area (Å²) in [5.41, 5.74) is 6.81. The molecule has 7 heteroatoms. The number of primary amides is 1. The molecule has 0 unspecified atom stereocenters. The minimum atomic E-state index is -0.297. The number of hydrogen-bond donors (Lipinski definition) is 2. The van der Waals surface area contributed by atoms with Crippen LogP contribution < -0.4 is 11.3 Å². The van der Waals surface area contributed by atoms with Gasteiger partial charge in [-0.15, -0.1) is 0 Å². The second kappa shape index (κ2) is 6.82. The summed E-state index contributed by atoms with van der Waals surface area (Å²) in [4.78, 5) is 44.4. The van der Waals surface area contributed by atoms with Gasteiger partial charge < -0.3 is 15.6 Å². The summed E-state index contributed by atoms with van der Waals surface area (Å²) in [6, 6.07) is 7.30. The number of aromatic nitrogens is 2. The van der Waals surface area contributed by atoms with E-state index in [9.17, 15) is 14.4 Å². The number of aromatic amines is 1. The molecule has 126 valence electrons. The lowest BCUT2D eigenvalue weighted by Crippen LogP contribution is -2.41. The Morgan fingerprint density at radius 2 is 1.96 bits per heavy atom. The van der Waals surface area contributed by atoms with Gasteiger partial charge in [0.2, 0.25) is 11.8 Å². The Bertz CT molecular complexity index is 822. The molecule has 3 N–H and O–H groups in total. The molecule has 0 bridgehead atoms. The van der Waals surface area contributed by atoms with Crippen LogP contribution >= 0.6 is 0 Å². The lowest BCUT2D eigenvalue weighted by Gasteiger charge is -2.30. The van der Waals surface area contributed by atoms with E-state index in [4.69, 9.17) is 5.73 Å². The van der Waals surface area contributed by atoms with Crippen molar-refractivity contribution in [1.29, 1.82) is 0 Å². The van der Waals surface area contributed by atoms with Gasteiger partial charge in [-0.2, -0.15) is 0 Å². The molecule has 2 aromatic rings. The lowest BCUT2D eigenvalue weighted by atomic mass is 9.96. The molecular weight excluding hydrogens is 308 g/mol. The van der Waals surface area contributed by atoms with Crippen molar-refractivity contribution in [3.8, 4) is 0 Å². The van der Waals surface area contributed by atoms with Gasteiger partial charge >= 0.3 is 0 Å². The molecule has 1 aliphatic heterocycles. The van der Waals surface area contributed by atoms with Crippen LogP contribution in [0.1, 0.15) is 25.0 Å². The van der Waals surface area contributed by atoms with E-state index in [1.54, 1.807) is 11.0 Å². The van der Waals surface area contributed by atoms with Gasteiger partial charge in [0.15, 0.2) is 0 Å². The summed E-state index contributed by atoms with van der Waals surface area (Å²) in [7, 11) is 0. The van der Waals surface area contributed by atoms with Crippen LogP contribution in [-0.4, -0.2) is 39.8 Å². The number of hydrogen-bond acceptors (Lipinski definition) is 4. The van der Waals surface area contributed by atoms with Crippen molar-refractivity contribution in [3.05, 3.63) is 40.3 Å². The third-order valence-corrected chi connectivity index (χ3v) is 4.50. The predicted molar refractivity (Wildman–Crippen MR) is 89.2 cm³/mol. The Hall–Kier alpha value is -2.70. The average Bonchev–Trinajstić information content (AvgIpc) is 2.59. The van der Waals surface area contributed by atoms with Crippen LogP contribution in [0.25, 0.3) is 11.0 Å². The van der Waals surface area contributed by atoms with Crippen molar-refractivity contribution in [3.63, 3.8) is 0 Å². The highest BCUT2D eigenvalue weighted by molar-refractivity contribution is 5.79. The fourth-order valence-electron chi connectivity index (χ4n) is 3.03. The highest BCUT2D eigenvalue weighted by Crippen LogP contribution is 2.17. The molecule has 7 nitrogen and oxygen atoms in total. The fraction of sp³-hybridized carbons (Fsp3) is 0.412. The second-order valence-corrected chi connectivity index (χ2v) is 6.09. The molecule has 24 heavy (non-hydrogen) atoms. The highest BCUT2D eigenvalue weighted by Gasteiger charge is 2.25. The summed E-state index contributed by atoms with van der Waals surface area (Å²) < 4.78 is 0. The topological polar surface area (TPSA) is 109 Å². The van der Waals surface area contributed by atoms with E-state index in [0.29, 0.717) is 49.1 Å². The first-order chi connectivity index (χ1) is 11.5. The number of carbonyl (C=O) groups excluding carboxylic acids is 2. The molecule has 2 amide bonds. The highest BCUT2D eigenvalue weighted by atomic mass is 16.2. The molecule has 0 spiro atoms. The van der Waals surface area contributed by atoms with Crippen molar-refractivity contribution in [1.82, 2.24) is 14.9 Å². The third-order valence-electron chi connectivity index (χ3n) is 4.50. The van der Waals surface area contributed by atoms with Gasteiger partial charge in [-0.3, -0.25) is 14.4 Å². The number of rotatable bonds is 4. The van der Waals surface area contributed by atoms with Crippen LogP contribution in [0, 0.1) is 5.92 Å². The zero-order valence-electron chi connectivity index (χ0n) is 13.3. The lowest BCUT2D eigenvalue weighted by molar-refractivity contribution is -0.134. The van der Waals surface area contributed by atoms with Gasteiger partial charge in [0.25, 0.3) is 5.56 Å². The number of nitrogens with two attached hydrogens (primary N) is 1. The van der Waals surface area contributed by atoms with Crippen LogP contribution in [0.15, 0.2) is 29.1 Å². The molecular formula is C17H20N4O3. The zero-order valence-corrected chi connectivity index (χ0v) is 13.3. The molecule has 0 radical (unpaired) electrons. The monoisotopic (exact) mass is 328 g/mol. The fourth-order valence-corrected chi connectivity index (χ4v) is 3.03. The number of likely N-dealkylation sites (tertiary alicyclic amines) is 1. The van der Waals surface area contributed by atoms with E-state index in [0.717, 1.165) is 0 Å². The number of nitrogens with one attached hydrogen (secondary N) is 1. The maximum Gasteiger partial charge on any atom is 0.270 e. The molecule has 1 aromatic heterocycles. The van der Waals surface area contributed by atoms with E-state index in [1.165, 1.54) is 0 Å². The summed E-state index contributed by atoms with van der Waals surface area (Å²) in [5.74, 6) is -0.458. The molecule has 1 aromatic carbocycles. The van der Waals surface area contributed by atoms with Gasteiger partial charge in [-0.05, 0) is 25.0 Å². The number of piperidine rings is 1. The number of carbonyl (C=O) groups is 2. The Kier molecular flexibility index (Phi) is 4.59. The SMILES string of the molecule is NC(=O)C1CCN(C(=O)CCc2nc3ccccc3[nH]c2=O)CC1. The van der Waals surface area contributed by atoms with Gasteiger partial charge in [-0.25, -0.2) is 4.98 Å². The van der Waals surface area contributed by atoms with Crippen molar-refractivity contribution in [2.24, 2.45) is 11.7 Å². The molecule has 1 fully saturated rings. The number of para-hydroxylation sites is 2. The molecule has 0 aliphatic carbocycles. The van der Waals surface area contributed by atoms with Crippen molar-refractivity contribution in [2.75, 3.05) is 13.1 Å². The van der Waals surface area contributed by atoms with Gasteiger partial charge in [0.05, 0.1) is 11.0 Å². The predicted octanol–water partition coefficient (Wildman–Crippen LogP) is 0.580. The van der Waals surface area contributed by atoms with Gasteiger partial charge in [0.1, 0.15) is 5.69 Å². The molecule has 0 atom stereocenters. The largest absolute Gasteiger partial charge is 0.369 e. The van der Waals surface area contributed by atoms with Crippen LogP contribution in [0.4, 0.5) is 0 Å². The number of nitrogens with zero attached hydrogens (tertiary/aromatic N) is 2. The molecule has 1 aliphatic rings. The number of H-pyrrole nitrogens is 1.